The van der Waals surface area contributed by atoms with Crippen molar-refractivity contribution >= 4 is 40.6 Å². The number of amides is 3. The van der Waals surface area contributed by atoms with Crippen LogP contribution >= 0.6 is 0 Å². The van der Waals surface area contributed by atoms with E-state index in [0.29, 0.717) is 12.8 Å². The highest BCUT2D eigenvalue weighted by Crippen LogP contribution is 2.19. The predicted octanol–water partition coefficient (Wildman–Crippen LogP) is 0.919. The maximum Gasteiger partial charge on any atom is 0.326 e. The van der Waals surface area contributed by atoms with Crippen molar-refractivity contribution in [2.45, 2.75) is 70.1 Å². The number of para-hydroxylation sites is 1. The molecule has 242 valence electrons. The summed E-state index contributed by atoms with van der Waals surface area (Å²) in [6.45, 7) is 3.96. The van der Waals surface area contributed by atoms with Gasteiger partial charge < -0.3 is 43.2 Å². The van der Waals surface area contributed by atoms with E-state index >= 15 is 0 Å². The van der Waals surface area contributed by atoms with Crippen LogP contribution in [0.4, 0.5) is 0 Å². The Morgan fingerprint density at radius 1 is 0.867 bits per heavy atom. The number of aliphatic carboxylic acids is 1. The van der Waals surface area contributed by atoms with Crippen LogP contribution in [0.2, 0.25) is 0 Å². The Balaban J connectivity index is 1.82. The molecular formula is C32H44N8O5. The molecular weight excluding hydrogens is 576 g/mol. The average molecular weight is 621 g/mol. The highest BCUT2D eigenvalue weighted by molar-refractivity contribution is 5.94. The summed E-state index contributed by atoms with van der Waals surface area (Å²) in [5, 5.41) is 18.9. The number of fused-ring (bicyclic) bond motifs is 1. The topological polar surface area (TPSA) is 231 Å². The Kier molecular flexibility index (Phi) is 12.9. The molecule has 3 rings (SSSR count). The molecule has 11 N–H and O–H groups in total. The van der Waals surface area contributed by atoms with Crippen molar-refractivity contribution in [3.63, 3.8) is 0 Å². The number of H-pyrrole nitrogens is 1. The van der Waals surface area contributed by atoms with Crippen LogP contribution in [-0.2, 0) is 32.0 Å². The molecule has 13 heteroatoms. The zero-order valence-electron chi connectivity index (χ0n) is 25.7. The number of carbonyl (C=O) groups is 4. The molecule has 0 saturated carbocycles. The molecule has 1 heterocycles. The van der Waals surface area contributed by atoms with Crippen molar-refractivity contribution in [1.29, 1.82) is 0 Å². The SMILES string of the molecule is CCC(C)C(N)C(=O)NC(Cc1ccccc1)C(=O)NC(CCCN=C(N)N)C(=O)NC(Cc1c[nH]c2ccccc12)C(=O)O. The van der Waals surface area contributed by atoms with Gasteiger partial charge in [0.05, 0.1) is 6.04 Å². The summed E-state index contributed by atoms with van der Waals surface area (Å²) in [5.74, 6) is -3.26. The number of nitrogens with two attached hydrogens (primary N) is 3. The van der Waals surface area contributed by atoms with E-state index in [1.165, 1.54) is 0 Å². The van der Waals surface area contributed by atoms with E-state index in [1.54, 1.807) is 6.20 Å². The Labute approximate surface area is 262 Å². The molecule has 0 aliphatic rings. The van der Waals surface area contributed by atoms with Gasteiger partial charge in [0.2, 0.25) is 17.7 Å². The van der Waals surface area contributed by atoms with Gasteiger partial charge in [0.15, 0.2) is 5.96 Å². The number of carboxylic acid groups (broad SMARTS) is 1. The normalized spacial score (nSPS) is 14.4. The number of hydrogen-bond acceptors (Lipinski definition) is 6. The fourth-order valence-corrected chi connectivity index (χ4v) is 4.88. The minimum absolute atomic E-state index is 0.0138. The zero-order valence-corrected chi connectivity index (χ0v) is 25.7. The smallest absolute Gasteiger partial charge is 0.326 e. The summed E-state index contributed by atoms with van der Waals surface area (Å²) in [4.78, 5) is 59.5. The highest BCUT2D eigenvalue weighted by atomic mass is 16.4. The molecule has 3 amide bonds. The minimum Gasteiger partial charge on any atom is -0.480 e. The third kappa shape index (κ3) is 10.3. The molecule has 5 atom stereocenters. The molecule has 2 aromatic carbocycles. The lowest BCUT2D eigenvalue weighted by Crippen LogP contribution is -2.58. The monoisotopic (exact) mass is 620 g/mol. The maximum atomic E-state index is 13.7. The van der Waals surface area contributed by atoms with Gasteiger partial charge in [-0.15, -0.1) is 0 Å². The number of benzene rings is 2. The Morgan fingerprint density at radius 3 is 2.16 bits per heavy atom. The summed E-state index contributed by atoms with van der Waals surface area (Å²) < 4.78 is 0. The second-order valence-electron chi connectivity index (χ2n) is 11.1. The van der Waals surface area contributed by atoms with E-state index in [1.807, 2.05) is 68.4 Å². The first kappa shape index (κ1) is 34.6. The van der Waals surface area contributed by atoms with Crippen LogP contribution in [0.1, 0.15) is 44.2 Å². The van der Waals surface area contributed by atoms with Crippen LogP contribution in [0.3, 0.4) is 0 Å². The van der Waals surface area contributed by atoms with Gasteiger partial charge in [-0.25, -0.2) is 4.79 Å². The van der Waals surface area contributed by atoms with Gasteiger partial charge in [0, 0.05) is 36.5 Å². The first-order valence-electron chi connectivity index (χ1n) is 15.0. The van der Waals surface area contributed by atoms with Crippen LogP contribution in [0.15, 0.2) is 65.8 Å². The quantitative estimate of drug-likeness (QED) is 0.0613. The van der Waals surface area contributed by atoms with Crippen molar-refractivity contribution in [3.8, 4) is 0 Å². The molecule has 5 unspecified atom stereocenters. The van der Waals surface area contributed by atoms with E-state index in [9.17, 15) is 24.3 Å². The fourth-order valence-electron chi connectivity index (χ4n) is 4.88. The van der Waals surface area contributed by atoms with Gasteiger partial charge in [-0.2, -0.15) is 0 Å². The molecule has 0 spiro atoms. The summed E-state index contributed by atoms with van der Waals surface area (Å²) in [7, 11) is 0. The summed E-state index contributed by atoms with van der Waals surface area (Å²) >= 11 is 0. The van der Waals surface area contributed by atoms with Crippen molar-refractivity contribution in [2.75, 3.05) is 6.54 Å². The Hall–Kier alpha value is -4.91. The molecule has 0 bridgehead atoms. The molecule has 13 nitrogen and oxygen atoms in total. The lowest BCUT2D eigenvalue weighted by atomic mass is 9.98. The van der Waals surface area contributed by atoms with Gasteiger partial charge >= 0.3 is 5.97 Å². The number of carbonyl (C=O) groups excluding carboxylic acids is 3. The summed E-state index contributed by atoms with van der Waals surface area (Å²) in [6.07, 6.45) is 2.96. The second-order valence-corrected chi connectivity index (χ2v) is 11.1. The number of rotatable bonds is 17. The van der Waals surface area contributed by atoms with Crippen LogP contribution < -0.4 is 33.2 Å². The predicted molar refractivity (Wildman–Crippen MR) is 173 cm³/mol. The molecule has 0 aliphatic heterocycles. The van der Waals surface area contributed by atoms with Gasteiger partial charge in [-0.1, -0.05) is 68.8 Å². The molecule has 45 heavy (non-hydrogen) atoms. The number of aromatic nitrogens is 1. The molecule has 1 aromatic heterocycles. The number of nitrogens with zero attached hydrogens (tertiary/aromatic N) is 1. The van der Waals surface area contributed by atoms with Crippen LogP contribution in [0.25, 0.3) is 10.9 Å². The molecule has 0 radical (unpaired) electrons. The molecule has 0 aliphatic carbocycles. The van der Waals surface area contributed by atoms with Crippen LogP contribution in [0, 0.1) is 5.92 Å². The lowest BCUT2D eigenvalue weighted by molar-refractivity contribution is -0.142. The van der Waals surface area contributed by atoms with Crippen molar-refractivity contribution in [3.05, 3.63) is 71.9 Å². The van der Waals surface area contributed by atoms with E-state index in [4.69, 9.17) is 17.2 Å². The molecule has 0 saturated heterocycles. The fraction of sp³-hybridized carbons (Fsp3) is 0.406. The summed E-state index contributed by atoms with van der Waals surface area (Å²) in [5.41, 5.74) is 19.3. The third-order valence-corrected chi connectivity index (χ3v) is 7.77. The van der Waals surface area contributed by atoms with Crippen molar-refractivity contribution in [2.24, 2.45) is 28.1 Å². The standard InChI is InChI=1S/C32H44N8O5/c1-3-19(2)27(33)30(43)39-25(16-20-10-5-4-6-11-20)29(42)38-24(14-9-15-36-32(34)35)28(41)40-26(31(44)45)17-21-18-37-23-13-8-7-12-22(21)23/h4-8,10-13,18-19,24-27,37H,3,9,14-17,33H2,1-2H3,(H,38,42)(H,39,43)(H,40,41)(H,44,45)(H4,34,35,36). The average Bonchev–Trinajstić information content (AvgIpc) is 3.43. The van der Waals surface area contributed by atoms with Crippen LogP contribution in [0.5, 0.6) is 0 Å². The number of guanidine groups is 1. The number of nitrogens with one attached hydrogen (secondary N) is 4. The molecule has 0 fully saturated rings. The number of carboxylic acids is 1. The van der Waals surface area contributed by atoms with Crippen molar-refractivity contribution in [1.82, 2.24) is 20.9 Å². The first-order valence-corrected chi connectivity index (χ1v) is 15.0. The van der Waals surface area contributed by atoms with E-state index in [0.717, 1.165) is 22.0 Å². The number of aromatic amines is 1. The molecule has 3 aromatic rings. The maximum absolute atomic E-state index is 13.7. The third-order valence-electron chi connectivity index (χ3n) is 7.77. The van der Waals surface area contributed by atoms with E-state index < -0.39 is 47.9 Å². The van der Waals surface area contributed by atoms with Gasteiger partial charge in [0.25, 0.3) is 0 Å². The summed E-state index contributed by atoms with van der Waals surface area (Å²) in [6, 6.07) is 12.2. The number of aliphatic imine (C=N–C) groups is 1. The first-order chi connectivity index (χ1) is 21.5. The van der Waals surface area contributed by atoms with Gasteiger partial charge in [-0.3, -0.25) is 19.4 Å². The second kappa shape index (κ2) is 16.8. The Morgan fingerprint density at radius 2 is 1.49 bits per heavy atom. The van der Waals surface area contributed by atoms with E-state index in [2.05, 4.69) is 25.9 Å². The zero-order chi connectivity index (χ0) is 32.9. The van der Waals surface area contributed by atoms with Gasteiger partial charge in [0.1, 0.15) is 18.1 Å². The Bertz CT molecular complexity index is 1470. The lowest BCUT2D eigenvalue weighted by Gasteiger charge is -2.26. The van der Waals surface area contributed by atoms with Crippen molar-refractivity contribution < 1.29 is 24.3 Å². The van der Waals surface area contributed by atoms with E-state index in [-0.39, 0.29) is 37.7 Å². The van der Waals surface area contributed by atoms with Crippen LogP contribution in [-0.4, -0.2) is 70.5 Å². The highest BCUT2D eigenvalue weighted by Gasteiger charge is 2.31. The number of hydrogen-bond donors (Lipinski definition) is 8. The minimum atomic E-state index is -1.28. The largest absolute Gasteiger partial charge is 0.480 e. The van der Waals surface area contributed by atoms with Gasteiger partial charge in [-0.05, 0) is 36.0 Å².